The standard InChI is InChI=1S/C23H28F2N6O6S/c1-4-37-19(33)12-7-27-16(17-26-5-6-38-17)29-13(12)8-30-11-23(24,25)15-14(30)9-31(18(15)32)21(36)28-10-22(2,3)20(34)35/h5-6,14-15H,4,7-11H2,1-3H3,(H,27,29)(H,28,36)(H,34,35)/t14-,15-/m0/s1. The van der Waals surface area contributed by atoms with Crippen LogP contribution in [0.5, 0.6) is 0 Å². The summed E-state index contributed by atoms with van der Waals surface area (Å²) in [5.74, 6) is -7.63. The molecule has 0 radical (unpaired) electrons. The summed E-state index contributed by atoms with van der Waals surface area (Å²) in [5, 5.41) is 16.9. The number of hydrogen-bond donors (Lipinski definition) is 3. The quantitative estimate of drug-likeness (QED) is 0.398. The minimum Gasteiger partial charge on any atom is -0.481 e. The number of alkyl halides is 2. The smallest absolute Gasteiger partial charge is 0.337 e. The van der Waals surface area contributed by atoms with Gasteiger partial charge in [0, 0.05) is 43.0 Å². The Kier molecular flexibility index (Phi) is 7.52. The van der Waals surface area contributed by atoms with Gasteiger partial charge < -0.3 is 20.5 Å². The lowest BCUT2D eigenvalue weighted by Crippen LogP contribution is -2.49. The van der Waals surface area contributed by atoms with Gasteiger partial charge in [0.05, 0.1) is 30.7 Å². The lowest BCUT2D eigenvalue weighted by atomic mass is 9.94. The minimum atomic E-state index is -3.43. The summed E-state index contributed by atoms with van der Waals surface area (Å²) in [6, 6.07) is -1.95. The molecular formula is C23H28F2N6O6S. The first-order valence-electron chi connectivity index (χ1n) is 11.9. The van der Waals surface area contributed by atoms with Crippen LogP contribution in [0, 0.1) is 11.3 Å². The molecule has 0 saturated carbocycles. The maximum atomic E-state index is 15.1. The Morgan fingerprint density at radius 1 is 1.37 bits per heavy atom. The molecule has 2 atom stereocenters. The van der Waals surface area contributed by atoms with E-state index in [0.29, 0.717) is 21.4 Å². The number of amides is 3. The molecule has 0 bridgehead atoms. The van der Waals surface area contributed by atoms with E-state index in [2.05, 4.69) is 20.6 Å². The summed E-state index contributed by atoms with van der Waals surface area (Å²) in [7, 11) is 0. The molecular weight excluding hydrogens is 526 g/mol. The van der Waals surface area contributed by atoms with Gasteiger partial charge in [0.15, 0.2) is 10.8 Å². The van der Waals surface area contributed by atoms with Gasteiger partial charge in [-0.1, -0.05) is 0 Å². The second-order valence-corrected chi connectivity index (χ2v) is 10.7. The van der Waals surface area contributed by atoms with E-state index in [-0.39, 0.29) is 38.4 Å². The van der Waals surface area contributed by atoms with E-state index < -0.39 is 53.7 Å². The van der Waals surface area contributed by atoms with Crippen molar-refractivity contribution in [3.63, 3.8) is 0 Å². The molecule has 38 heavy (non-hydrogen) atoms. The Balaban J connectivity index is 1.54. The van der Waals surface area contributed by atoms with Crippen molar-refractivity contribution in [3.8, 4) is 0 Å². The van der Waals surface area contributed by atoms with Crippen LogP contribution in [0.3, 0.4) is 0 Å². The number of carbonyl (C=O) groups excluding carboxylic acids is 3. The van der Waals surface area contributed by atoms with Crippen LogP contribution in [0.15, 0.2) is 27.8 Å². The Labute approximate surface area is 220 Å². The first-order valence-corrected chi connectivity index (χ1v) is 12.8. The summed E-state index contributed by atoms with van der Waals surface area (Å²) < 4.78 is 35.3. The third kappa shape index (κ3) is 5.25. The summed E-state index contributed by atoms with van der Waals surface area (Å²) in [6.07, 6.45) is 1.58. The van der Waals surface area contributed by atoms with E-state index in [1.54, 1.807) is 18.5 Å². The number of esters is 1. The molecule has 4 rings (SSSR count). The number of imide groups is 1. The zero-order valence-corrected chi connectivity index (χ0v) is 21.8. The lowest BCUT2D eigenvalue weighted by molar-refractivity contribution is -0.146. The molecule has 1 aromatic rings. The van der Waals surface area contributed by atoms with Gasteiger partial charge in [0.25, 0.3) is 5.92 Å². The fourth-order valence-electron chi connectivity index (χ4n) is 4.53. The predicted molar refractivity (Wildman–Crippen MR) is 131 cm³/mol. The molecule has 0 aromatic carbocycles. The van der Waals surface area contributed by atoms with Gasteiger partial charge in [0.2, 0.25) is 5.91 Å². The van der Waals surface area contributed by atoms with Crippen molar-refractivity contribution >= 4 is 41.0 Å². The van der Waals surface area contributed by atoms with Gasteiger partial charge in [-0.2, -0.15) is 0 Å². The first-order chi connectivity index (χ1) is 17.9. The number of carbonyl (C=O) groups is 4. The van der Waals surface area contributed by atoms with Gasteiger partial charge in [-0.25, -0.2) is 23.4 Å². The Hall–Kier alpha value is -3.46. The van der Waals surface area contributed by atoms with E-state index in [0.717, 1.165) is 0 Å². The van der Waals surface area contributed by atoms with Gasteiger partial charge in [-0.15, -0.1) is 11.3 Å². The molecule has 3 aliphatic rings. The number of hydrogen-bond acceptors (Lipinski definition) is 10. The summed E-state index contributed by atoms with van der Waals surface area (Å²) in [4.78, 5) is 60.1. The SMILES string of the molecule is CCOC(=O)C1=C(CN2CC(F)(F)[C@@H]3C(=O)N(C(=O)NCC(C)(C)C(=O)O)C[C@@H]32)NC(c2nccs2)=NC1. The highest BCUT2D eigenvalue weighted by Crippen LogP contribution is 2.43. The molecule has 4 heterocycles. The van der Waals surface area contributed by atoms with Crippen LogP contribution in [-0.4, -0.2) is 101 Å². The zero-order chi connectivity index (χ0) is 27.8. The molecule has 3 aliphatic heterocycles. The highest BCUT2D eigenvalue weighted by molar-refractivity contribution is 7.11. The van der Waals surface area contributed by atoms with E-state index in [1.807, 2.05) is 0 Å². The van der Waals surface area contributed by atoms with Crippen LogP contribution in [0.25, 0.3) is 0 Å². The van der Waals surface area contributed by atoms with Crippen LogP contribution < -0.4 is 10.6 Å². The molecule has 15 heteroatoms. The lowest BCUT2D eigenvalue weighted by Gasteiger charge is -2.28. The second kappa shape index (κ2) is 10.4. The molecule has 3 N–H and O–H groups in total. The van der Waals surface area contributed by atoms with Crippen molar-refractivity contribution in [3.05, 3.63) is 27.9 Å². The van der Waals surface area contributed by atoms with E-state index in [9.17, 15) is 24.3 Å². The highest BCUT2D eigenvalue weighted by Gasteiger charge is 2.63. The molecule has 0 aliphatic carbocycles. The molecule has 206 valence electrons. The first kappa shape index (κ1) is 27.6. The fourth-order valence-corrected chi connectivity index (χ4v) is 5.13. The second-order valence-electron chi connectivity index (χ2n) is 9.81. The van der Waals surface area contributed by atoms with Crippen molar-refractivity contribution < 1.29 is 37.8 Å². The maximum absolute atomic E-state index is 15.1. The van der Waals surface area contributed by atoms with Crippen LogP contribution in [0.1, 0.15) is 25.8 Å². The number of halogens is 2. The number of carboxylic acids is 1. The molecule has 3 amide bonds. The van der Waals surface area contributed by atoms with Gasteiger partial charge >= 0.3 is 18.0 Å². The number of urea groups is 1. The minimum absolute atomic E-state index is 0.0404. The van der Waals surface area contributed by atoms with E-state index in [1.165, 1.54) is 30.1 Å². The number of amidine groups is 1. The third-order valence-electron chi connectivity index (χ3n) is 6.68. The number of nitrogens with zero attached hydrogens (tertiary/aromatic N) is 4. The average Bonchev–Trinajstić information content (AvgIpc) is 3.55. The van der Waals surface area contributed by atoms with Crippen LogP contribution in [0.4, 0.5) is 13.6 Å². The number of aliphatic carboxylic acids is 1. The summed E-state index contributed by atoms with van der Waals surface area (Å²) in [5.41, 5.74) is -0.837. The van der Waals surface area contributed by atoms with Crippen LogP contribution >= 0.6 is 11.3 Å². The van der Waals surface area contributed by atoms with Crippen molar-refractivity contribution in [1.82, 2.24) is 25.4 Å². The van der Waals surface area contributed by atoms with Gasteiger partial charge in [-0.05, 0) is 20.8 Å². The monoisotopic (exact) mass is 554 g/mol. The number of thiazole rings is 1. The number of likely N-dealkylation sites (tertiary alicyclic amines) is 2. The molecule has 0 spiro atoms. The average molecular weight is 555 g/mol. The normalized spacial score (nSPS) is 23.1. The van der Waals surface area contributed by atoms with Gasteiger partial charge in [-0.3, -0.25) is 24.4 Å². The van der Waals surface area contributed by atoms with Crippen LogP contribution in [0.2, 0.25) is 0 Å². The maximum Gasteiger partial charge on any atom is 0.337 e. The van der Waals surface area contributed by atoms with Crippen molar-refractivity contribution in [2.45, 2.75) is 32.7 Å². The number of carboxylic acid groups (broad SMARTS) is 1. The predicted octanol–water partition coefficient (Wildman–Crippen LogP) is 0.908. The Bertz CT molecular complexity index is 1200. The number of fused-ring (bicyclic) bond motifs is 1. The topological polar surface area (TPSA) is 154 Å². The van der Waals surface area contributed by atoms with Crippen LogP contribution in [-0.2, 0) is 19.1 Å². The van der Waals surface area contributed by atoms with Crippen molar-refractivity contribution in [2.75, 3.05) is 39.3 Å². The van der Waals surface area contributed by atoms with Gasteiger partial charge in [0.1, 0.15) is 5.92 Å². The highest BCUT2D eigenvalue weighted by atomic mass is 32.1. The zero-order valence-electron chi connectivity index (χ0n) is 21.0. The molecule has 2 fully saturated rings. The number of ether oxygens (including phenoxy) is 1. The molecule has 0 unspecified atom stereocenters. The third-order valence-corrected chi connectivity index (χ3v) is 7.46. The largest absolute Gasteiger partial charge is 0.481 e. The summed E-state index contributed by atoms with van der Waals surface area (Å²) in [6.45, 7) is 3.00. The number of aliphatic imine (C=N–C) groups is 1. The Morgan fingerprint density at radius 3 is 2.74 bits per heavy atom. The molecule has 2 saturated heterocycles. The molecule has 1 aromatic heterocycles. The fraction of sp³-hybridized carbons (Fsp3) is 0.565. The van der Waals surface area contributed by atoms with Crippen molar-refractivity contribution in [2.24, 2.45) is 16.3 Å². The summed E-state index contributed by atoms with van der Waals surface area (Å²) >= 11 is 1.31. The van der Waals surface area contributed by atoms with E-state index in [4.69, 9.17) is 4.74 Å². The number of aromatic nitrogens is 1. The Morgan fingerprint density at radius 2 is 2.11 bits per heavy atom. The number of nitrogens with one attached hydrogen (secondary N) is 2. The molecule has 12 nitrogen and oxygen atoms in total. The number of rotatable bonds is 8. The van der Waals surface area contributed by atoms with E-state index >= 15 is 8.78 Å². The van der Waals surface area contributed by atoms with Crippen molar-refractivity contribution in [1.29, 1.82) is 0 Å².